The molecule has 2 heterocycles. The quantitative estimate of drug-likeness (QED) is 0.462. The van der Waals surface area contributed by atoms with Crippen LogP contribution in [0.25, 0.3) is 10.2 Å². The number of sulfonamides is 1. The van der Waals surface area contributed by atoms with Gasteiger partial charge in [-0.1, -0.05) is 34.7 Å². The summed E-state index contributed by atoms with van der Waals surface area (Å²) < 4.78 is 52.9. The van der Waals surface area contributed by atoms with Crippen molar-refractivity contribution in [2.45, 2.75) is 28.4 Å². The summed E-state index contributed by atoms with van der Waals surface area (Å²) in [5.41, 5.74) is 0.683. The van der Waals surface area contributed by atoms with Crippen LogP contribution in [0.15, 0.2) is 46.2 Å². The topological polar surface area (TPSA) is 79.4 Å². The predicted molar refractivity (Wildman–Crippen MR) is 119 cm³/mol. The molecule has 1 amide bonds. The molecule has 0 saturated carbocycles. The lowest BCUT2D eigenvalue weighted by atomic mass is 10.2. The van der Waals surface area contributed by atoms with Gasteiger partial charge in [0, 0.05) is 23.5 Å². The van der Waals surface area contributed by atoms with Crippen LogP contribution in [0.5, 0.6) is 0 Å². The summed E-state index contributed by atoms with van der Waals surface area (Å²) >= 11 is 7.70. The second-order valence-electron chi connectivity index (χ2n) is 6.74. The number of hydrogen-bond donors (Lipinski definition) is 1. The van der Waals surface area contributed by atoms with Gasteiger partial charge < -0.3 is 0 Å². The minimum absolute atomic E-state index is 0.0486. The van der Waals surface area contributed by atoms with Crippen molar-refractivity contribution < 1.29 is 22.0 Å². The minimum Gasteiger partial charge on any atom is -0.298 e. The number of thioether (sulfide) groups is 1. The molecule has 1 aliphatic rings. The number of hydrogen-bond acceptors (Lipinski definition) is 6. The first kappa shape index (κ1) is 22.4. The third-order valence-corrected chi connectivity index (χ3v) is 8.70. The van der Waals surface area contributed by atoms with E-state index in [0.717, 1.165) is 24.2 Å². The smallest absolute Gasteiger partial charge is 0.288 e. The molecule has 2 aromatic carbocycles. The van der Waals surface area contributed by atoms with Crippen molar-refractivity contribution in [3.63, 3.8) is 0 Å². The van der Waals surface area contributed by atoms with E-state index in [-0.39, 0.29) is 20.6 Å². The fraction of sp³-hybridized carbons (Fsp3) is 0.263. The lowest BCUT2D eigenvalue weighted by molar-refractivity contribution is 0.102. The fourth-order valence-electron chi connectivity index (χ4n) is 3.21. The van der Waals surface area contributed by atoms with Crippen LogP contribution in [-0.2, 0) is 10.0 Å². The number of anilines is 1. The number of halogens is 3. The van der Waals surface area contributed by atoms with Gasteiger partial charge in [-0.2, -0.15) is 13.1 Å². The fourth-order valence-corrected chi connectivity index (χ4v) is 6.74. The molecule has 0 radical (unpaired) electrons. The van der Waals surface area contributed by atoms with Crippen molar-refractivity contribution in [2.24, 2.45) is 0 Å². The molecule has 1 aliphatic heterocycles. The number of nitrogens with zero attached hydrogens (tertiary/aromatic N) is 2. The van der Waals surface area contributed by atoms with Gasteiger partial charge in [0.15, 0.2) is 5.13 Å². The number of aromatic nitrogens is 1. The van der Waals surface area contributed by atoms with Gasteiger partial charge in [0.05, 0.1) is 15.2 Å². The number of alkyl halides is 2. The van der Waals surface area contributed by atoms with E-state index in [9.17, 15) is 22.0 Å². The normalized spacial score (nSPS) is 15.1. The zero-order valence-electron chi connectivity index (χ0n) is 15.8. The number of thiazole rings is 1. The molecule has 0 atom stereocenters. The van der Waals surface area contributed by atoms with Gasteiger partial charge in [0.1, 0.15) is 4.90 Å². The standard InChI is InChI=1S/C19H16ClF2N3O3S3/c20-13-5-3-11(9-16(13)31(27,28)25-7-1-2-8-25)17(26)24-19-23-14-6-4-12(29-18(21)22)10-15(14)30-19/h3-6,9-10,18H,1-2,7-8H2,(H,23,24,26). The molecule has 6 nitrogen and oxygen atoms in total. The van der Waals surface area contributed by atoms with Crippen LogP contribution in [0.2, 0.25) is 5.02 Å². The molecule has 1 saturated heterocycles. The lowest BCUT2D eigenvalue weighted by Gasteiger charge is -2.17. The maximum absolute atomic E-state index is 12.9. The highest BCUT2D eigenvalue weighted by atomic mass is 35.5. The summed E-state index contributed by atoms with van der Waals surface area (Å²) in [6.07, 6.45) is 1.57. The average Bonchev–Trinajstić information content (AvgIpc) is 3.37. The Labute approximate surface area is 190 Å². The van der Waals surface area contributed by atoms with Crippen LogP contribution >= 0.6 is 34.7 Å². The van der Waals surface area contributed by atoms with E-state index < -0.39 is 21.7 Å². The molecule has 1 aromatic heterocycles. The Morgan fingerprint density at radius 1 is 1.19 bits per heavy atom. The lowest BCUT2D eigenvalue weighted by Crippen LogP contribution is -2.28. The van der Waals surface area contributed by atoms with Crippen LogP contribution in [0.3, 0.4) is 0 Å². The van der Waals surface area contributed by atoms with Crippen molar-refractivity contribution in [1.82, 2.24) is 9.29 Å². The average molecular weight is 504 g/mol. The predicted octanol–water partition coefficient (Wildman–Crippen LogP) is 5.30. The van der Waals surface area contributed by atoms with Gasteiger partial charge in [-0.3, -0.25) is 10.1 Å². The third kappa shape index (κ3) is 4.85. The Kier molecular flexibility index (Phi) is 6.50. The molecule has 12 heteroatoms. The van der Waals surface area contributed by atoms with Crippen LogP contribution < -0.4 is 5.32 Å². The van der Waals surface area contributed by atoms with Crippen molar-refractivity contribution in [3.8, 4) is 0 Å². The van der Waals surface area contributed by atoms with Crippen molar-refractivity contribution >= 4 is 66.0 Å². The SMILES string of the molecule is O=C(Nc1nc2ccc(SC(F)F)cc2s1)c1ccc(Cl)c(S(=O)(=O)N2CCCC2)c1. The number of nitrogens with one attached hydrogen (secondary N) is 1. The number of carbonyl (C=O) groups is 1. The highest BCUT2D eigenvalue weighted by Gasteiger charge is 2.29. The van der Waals surface area contributed by atoms with Crippen molar-refractivity contribution in [2.75, 3.05) is 18.4 Å². The number of fused-ring (bicyclic) bond motifs is 1. The van der Waals surface area contributed by atoms with Gasteiger partial charge >= 0.3 is 0 Å². The molecule has 3 aromatic rings. The molecule has 1 fully saturated rings. The van der Waals surface area contributed by atoms with Crippen molar-refractivity contribution in [3.05, 3.63) is 47.0 Å². The van der Waals surface area contributed by atoms with E-state index in [1.54, 1.807) is 18.2 Å². The van der Waals surface area contributed by atoms with Crippen molar-refractivity contribution in [1.29, 1.82) is 0 Å². The first-order valence-electron chi connectivity index (χ1n) is 9.20. The van der Waals surface area contributed by atoms with Gasteiger partial charge in [-0.15, -0.1) is 0 Å². The van der Waals surface area contributed by atoms with E-state index in [1.807, 2.05) is 0 Å². The van der Waals surface area contributed by atoms with Crippen LogP contribution in [0.1, 0.15) is 23.2 Å². The molecule has 4 rings (SSSR count). The Bertz CT molecular complexity index is 1240. The molecule has 1 N–H and O–H groups in total. The number of amides is 1. The number of carbonyl (C=O) groups excluding carboxylic acids is 1. The molecule has 0 bridgehead atoms. The Morgan fingerprint density at radius 3 is 2.65 bits per heavy atom. The maximum Gasteiger partial charge on any atom is 0.288 e. The summed E-state index contributed by atoms with van der Waals surface area (Å²) in [6, 6.07) is 8.81. The van der Waals surface area contributed by atoms with E-state index in [0.29, 0.717) is 40.0 Å². The summed E-state index contributed by atoms with van der Waals surface area (Å²) in [4.78, 5) is 17.3. The Balaban J connectivity index is 1.57. The van der Waals surface area contributed by atoms with E-state index in [2.05, 4.69) is 10.3 Å². The summed E-state index contributed by atoms with van der Waals surface area (Å²) in [6.45, 7) is 0.846. The largest absolute Gasteiger partial charge is 0.298 e. The molecule has 0 aliphatic carbocycles. The summed E-state index contributed by atoms with van der Waals surface area (Å²) in [7, 11) is -3.79. The molecule has 164 valence electrons. The highest BCUT2D eigenvalue weighted by Crippen LogP contribution is 2.33. The second-order valence-corrected chi connectivity index (χ2v) is 11.1. The first-order chi connectivity index (χ1) is 14.7. The van der Waals surface area contributed by atoms with E-state index in [4.69, 9.17) is 11.6 Å². The van der Waals surface area contributed by atoms with Gasteiger partial charge in [0.25, 0.3) is 11.7 Å². The van der Waals surface area contributed by atoms with E-state index >= 15 is 0 Å². The van der Waals surface area contributed by atoms with Crippen LogP contribution in [0, 0.1) is 0 Å². The zero-order chi connectivity index (χ0) is 22.2. The van der Waals surface area contributed by atoms with Gasteiger partial charge in [-0.05, 0) is 49.2 Å². The Morgan fingerprint density at radius 2 is 1.94 bits per heavy atom. The highest BCUT2D eigenvalue weighted by molar-refractivity contribution is 7.99. The number of benzene rings is 2. The molecule has 31 heavy (non-hydrogen) atoms. The van der Waals surface area contributed by atoms with E-state index in [1.165, 1.54) is 22.5 Å². The van der Waals surface area contributed by atoms with Gasteiger partial charge in [-0.25, -0.2) is 13.4 Å². The maximum atomic E-state index is 12.9. The molecular weight excluding hydrogens is 488 g/mol. The monoisotopic (exact) mass is 503 g/mol. The third-order valence-electron chi connectivity index (χ3n) is 4.68. The first-order valence-corrected chi connectivity index (χ1v) is 12.7. The van der Waals surface area contributed by atoms with Crippen LogP contribution in [-0.4, -0.2) is 42.5 Å². The zero-order valence-corrected chi connectivity index (χ0v) is 19.1. The number of rotatable bonds is 6. The molecule has 0 spiro atoms. The molecular formula is C19H16ClF2N3O3S3. The molecule has 0 unspecified atom stereocenters. The van der Waals surface area contributed by atoms with Crippen LogP contribution in [0.4, 0.5) is 13.9 Å². The Hall–Kier alpha value is -1.79. The minimum atomic E-state index is -3.79. The summed E-state index contributed by atoms with van der Waals surface area (Å²) in [5, 5.41) is 2.96. The van der Waals surface area contributed by atoms with Gasteiger partial charge in [0.2, 0.25) is 10.0 Å². The second kappa shape index (κ2) is 8.99. The summed E-state index contributed by atoms with van der Waals surface area (Å²) in [5.74, 6) is -3.07.